The van der Waals surface area contributed by atoms with E-state index in [0.717, 1.165) is 22.3 Å². The summed E-state index contributed by atoms with van der Waals surface area (Å²) in [7, 11) is 0. The smallest absolute Gasteiger partial charge is 0.450 e. The minimum atomic E-state index is -1.48. The third-order valence-electron chi connectivity index (χ3n) is 5.00. The molecule has 29 heavy (non-hydrogen) atoms. The van der Waals surface area contributed by atoms with Crippen LogP contribution in [-0.4, -0.2) is 29.7 Å². The summed E-state index contributed by atoms with van der Waals surface area (Å²) in [6.45, 7) is 1.62. The maximum absolute atomic E-state index is 12.4. The fraction of sp³-hybridized carbons (Fsp3) is 0.304. The number of terminal acetylenes is 1. The van der Waals surface area contributed by atoms with Gasteiger partial charge in [0.05, 0.1) is 0 Å². The molecule has 0 radical (unpaired) electrons. The molecule has 6 heteroatoms. The van der Waals surface area contributed by atoms with Gasteiger partial charge in [-0.05, 0) is 35.6 Å². The molecule has 1 aliphatic carbocycles. The standard InChI is InChI=1S/C23H23NO5/c1-3-4-9-14-23(2,29-22(26)27)24-21(25)28-15-20-18-12-7-5-10-16(18)17-11-6-8-13-19(17)20/h1,5-8,10-13,20H,4,9,14-15H2,2H3,(H,24,25)(H,26,27)/t23-/m1/s1. The number of ether oxygens (including phenoxy) is 2. The molecule has 0 unspecified atom stereocenters. The summed E-state index contributed by atoms with van der Waals surface area (Å²) in [6.07, 6.45) is 4.21. The van der Waals surface area contributed by atoms with Crippen molar-refractivity contribution in [2.75, 3.05) is 6.61 Å². The number of hydrogen-bond donors (Lipinski definition) is 2. The van der Waals surface area contributed by atoms with E-state index in [1.807, 2.05) is 36.4 Å². The maximum Gasteiger partial charge on any atom is 0.507 e. The number of alkyl carbamates (subject to hydrolysis) is 1. The highest BCUT2D eigenvalue weighted by Gasteiger charge is 2.33. The van der Waals surface area contributed by atoms with Crippen molar-refractivity contribution in [1.29, 1.82) is 0 Å². The van der Waals surface area contributed by atoms with Gasteiger partial charge in [-0.3, -0.25) is 5.32 Å². The number of unbranched alkanes of at least 4 members (excludes halogenated alkanes) is 1. The molecular weight excluding hydrogens is 370 g/mol. The highest BCUT2D eigenvalue weighted by molar-refractivity contribution is 5.79. The monoisotopic (exact) mass is 393 g/mol. The highest BCUT2D eigenvalue weighted by atomic mass is 16.7. The number of nitrogens with one attached hydrogen (secondary N) is 1. The summed E-state index contributed by atoms with van der Waals surface area (Å²) in [5.74, 6) is 2.40. The van der Waals surface area contributed by atoms with Crippen LogP contribution in [-0.2, 0) is 9.47 Å². The fourth-order valence-corrected chi connectivity index (χ4v) is 3.71. The Morgan fingerprint density at radius 1 is 1.14 bits per heavy atom. The molecule has 0 spiro atoms. The van der Waals surface area contributed by atoms with Gasteiger partial charge in [-0.15, -0.1) is 12.3 Å². The van der Waals surface area contributed by atoms with Gasteiger partial charge in [0.2, 0.25) is 0 Å². The molecule has 150 valence electrons. The van der Waals surface area contributed by atoms with Gasteiger partial charge < -0.3 is 14.6 Å². The van der Waals surface area contributed by atoms with Gasteiger partial charge in [0, 0.05) is 18.8 Å². The van der Waals surface area contributed by atoms with E-state index in [9.17, 15) is 9.59 Å². The molecule has 2 aromatic carbocycles. The minimum absolute atomic E-state index is 0.0822. The summed E-state index contributed by atoms with van der Waals surface area (Å²) < 4.78 is 10.3. The molecule has 0 heterocycles. The Labute approximate surface area is 169 Å². The van der Waals surface area contributed by atoms with Crippen LogP contribution >= 0.6 is 0 Å². The third kappa shape index (κ3) is 4.69. The van der Waals surface area contributed by atoms with Gasteiger partial charge in [0.15, 0.2) is 5.72 Å². The van der Waals surface area contributed by atoms with Crippen LogP contribution in [0.15, 0.2) is 48.5 Å². The lowest BCUT2D eigenvalue weighted by molar-refractivity contribution is -0.0337. The number of rotatable bonds is 7. The number of hydrogen-bond acceptors (Lipinski definition) is 4. The van der Waals surface area contributed by atoms with E-state index in [1.54, 1.807) is 0 Å². The largest absolute Gasteiger partial charge is 0.507 e. The molecule has 0 bridgehead atoms. The number of amides is 1. The molecule has 2 aromatic rings. The van der Waals surface area contributed by atoms with E-state index in [-0.39, 0.29) is 18.9 Å². The number of carboxylic acid groups (broad SMARTS) is 1. The first-order valence-corrected chi connectivity index (χ1v) is 9.42. The summed E-state index contributed by atoms with van der Waals surface area (Å²) in [5.41, 5.74) is 3.04. The zero-order valence-corrected chi connectivity index (χ0v) is 16.2. The average molecular weight is 393 g/mol. The molecule has 6 nitrogen and oxygen atoms in total. The highest BCUT2D eigenvalue weighted by Crippen LogP contribution is 2.44. The summed E-state index contributed by atoms with van der Waals surface area (Å²) in [4.78, 5) is 23.4. The number of carbonyl (C=O) groups is 2. The first-order valence-electron chi connectivity index (χ1n) is 9.42. The third-order valence-corrected chi connectivity index (χ3v) is 5.00. The van der Waals surface area contributed by atoms with Crippen molar-refractivity contribution in [1.82, 2.24) is 5.32 Å². The van der Waals surface area contributed by atoms with E-state index < -0.39 is 18.0 Å². The molecule has 0 fully saturated rings. The Bertz CT molecular complexity index is 903. The molecule has 3 rings (SSSR count). The van der Waals surface area contributed by atoms with Crippen LogP contribution in [0.3, 0.4) is 0 Å². The molecule has 0 aromatic heterocycles. The van der Waals surface area contributed by atoms with Crippen molar-refractivity contribution in [3.05, 3.63) is 59.7 Å². The zero-order chi connectivity index (χ0) is 20.9. The molecule has 1 aliphatic rings. The lowest BCUT2D eigenvalue weighted by Crippen LogP contribution is -2.49. The normalized spacial score (nSPS) is 14.1. The minimum Gasteiger partial charge on any atom is -0.450 e. The molecule has 1 atom stereocenters. The van der Waals surface area contributed by atoms with Gasteiger partial charge in [-0.25, -0.2) is 9.59 Å². The summed E-state index contributed by atoms with van der Waals surface area (Å²) >= 11 is 0. The van der Waals surface area contributed by atoms with Crippen molar-refractivity contribution < 1.29 is 24.2 Å². The van der Waals surface area contributed by atoms with Crippen molar-refractivity contribution in [3.63, 3.8) is 0 Å². The predicted octanol–water partition coefficient (Wildman–Crippen LogP) is 4.74. The van der Waals surface area contributed by atoms with Crippen LogP contribution in [0.5, 0.6) is 0 Å². The second kappa shape index (κ2) is 8.70. The second-order valence-electron chi connectivity index (χ2n) is 7.11. The predicted molar refractivity (Wildman–Crippen MR) is 108 cm³/mol. The van der Waals surface area contributed by atoms with Gasteiger partial charge >= 0.3 is 12.2 Å². The Morgan fingerprint density at radius 2 is 1.72 bits per heavy atom. The van der Waals surface area contributed by atoms with Crippen molar-refractivity contribution in [2.24, 2.45) is 0 Å². The first kappa shape index (κ1) is 20.3. The van der Waals surface area contributed by atoms with Crippen molar-refractivity contribution >= 4 is 12.2 Å². The van der Waals surface area contributed by atoms with Gasteiger partial charge in [-0.2, -0.15) is 0 Å². The molecule has 0 saturated heterocycles. The fourth-order valence-electron chi connectivity index (χ4n) is 3.71. The lowest BCUT2D eigenvalue weighted by Gasteiger charge is -2.28. The SMILES string of the molecule is C#CCCC[C@](C)(NC(=O)OCC1c2ccccc2-c2ccccc21)OC(=O)O. The van der Waals surface area contributed by atoms with Crippen molar-refractivity contribution in [2.45, 2.75) is 37.8 Å². The molecule has 0 aliphatic heterocycles. The topological polar surface area (TPSA) is 84.9 Å². The number of carbonyl (C=O) groups excluding carboxylic acids is 1. The van der Waals surface area contributed by atoms with E-state index in [2.05, 4.69) is 23.4 Å². The van der Waals surface area contributed by atoms with Crippen LogP contribution < -0.4 is 5.32 Å². The van der Waals surface area contributed by atoms with Crippen LogP contribution in [0.25, 0.3) is 11.1 Å². The Morgan fingerprint density at radius 3 is 2.28 bits per heavy atom. The number of benzene rings is 2. The summed E-state index contributed by atoms with van der Waals surface area (Å²) in [5, 5.41) is 11.5. The molecule has 2 N–H and O–H groups in total. The molecule has 0 saturated carbocycles. The summed E-state index contributed by atoms with van der Waals surface area (Å²) in [6, 6.07) is 16.0. The quantitative estimate of drug-likeness (QED) is 0.307. The zero-order valence-electron chi connectivity index (χ0n) is 16.2. The maximum atomic E-state index is 12.4. The Kier molecular flexibility index (Phi) is 6.08. The number of fused-ring (bicyclic) bond motifs is 3. The molecule has 1 amide bonds. The van der Waals surface area contributed by atoms with E-state index in [0.29, 0.717) is 12.8 Å². The average Bonchev–Trinajstić information content (AvgIpc) is 3.00. The van der Waals surface area contributed by atoms with Gasteiger partial charge in [-0.1, -0.05) is 48.5 Å². The van der Waals surface area contributed by atoms with Crippen molar-refractivity contribution in [3.8, 4) is 23.5 Å². The van der Waals surface area contributed by atoms with E-state index in [1.165, 1.54) is 6.92 Å². The lowest BCUT2D eigenvalue weighted by atomic mass is 9.98. The van der Waals surface area contributed by atoms with Crippen LogP contribution in [0.2, 0.25) is 0 Å². The first-order chi connectivity index (χ1) is 13.9. The van der Waals surface area contributed by atoms with E-state index in [4.69, 9.17) is 21.0 Å². The molecular formula is C23H23NO5. The van der Waals surface area contributed by atoms with Gasteiger partial charge in [0.25, 0.3) is 0 Å². The van der Waals surface area contributed by atoms with Crippen LogP contribution in [0.1, 0.15) is 43.2 Å². The van der Waals surface area contributed by atoms with Gasteiger partial charge in [0.1, 0.15) is 6.61 Å². The second-order valence-corrected chi connectivity index (χ2v) is 7.11. The van der Waals surface area contributed by atoms with Crippen LogP contribution in [0, 0.1) is 12.3 Å². The van der Waals surface area contributed by atoms with Crippen LogP contribution in [0.4, 0.5) is 9.59 Å². The van der Waals surface area contributed by atoms with E-state index >= 15 is 0 Å². The Hall–Kier alpha value is -3.46. The Balaban J connectivity index is 1.68.